The summed E-state index contributed by atoms with van der Waals surface area (Å²) < 4.78 is 5.04. The molecule has 196 valence electrons. The lowest BCUT2D eigenvalue weighted by Crippen LogP contribution is -2.36. The standard InChI is InChI=1S/C25H27N9O2S2/c1-6-33-21(16-10-18(15-7-8-15)27-22-20(16)13(3)30-32(22)5)28-29-25(33)37-11-19(35)31-34-14(4)26-23-17(24(34)36)9-12(2)38-23/h9-10,15H,6-8,11H2,1-5H3,(H,31,35). The molecule has 1 aliphatic carbocycles. The third kappa shape index (κ3) is 4.19. The maximum Gasteiger partial charge on any atom is 0.281 e. The molecule has 0 unspecified atom stereocenters. The van der Waals surface area contributed by atoms with E-state index < -0.39 is 0 Å². The first kappa shape index (κ1) is 24.7. The van der Waals surface area contributed by atoms with E-state index in [-0.39, 0.29) is 17.2 Å². The third-order valence-electron chi connectivity index (χ3n) is 6.68. The van der Waals surface area contributed by atoms with Gasteiger partial charge in [0.25, 0.3) is 5.56 Å². The quantitative estimate of drug-likeness (QED) is 0.305. The van der Waals surface area contributed by atoms with Crippen LogP contribution < -0.4 is 11.0 Å². The van der Waals surface area contributed by atoms with Crippen LogP contribution in [0.4, 0.5) is 0 Å². The summed E-state index contributed by atoms with van der Waals surface area (Å²) in [4.78, 5) is 36.8. The predicted molar refractivity (Wildman–Crippen MR) is 148 cm³/mol. The van der Waals surface area contributed by atoms with Crippen LogP contribution in [0.1, 0.15) is 47.8 Å². The number of amides is 1. The number of hydrogen-bond acceptors (Lipinski definition) is 9. The van der Waals surface area contributed by atoms with Gasteiger partial charge in [0, 0.05) is 35.6 Å². The lowest BCUT2D eigenvalue weighted by atomic mass is 10.1. The van der Waals surface area contributed by atoms with E-state index in [1.54, 1.807) is 13.0 Å². The summed E-state index contributed by atoms with van der Waals surface area (Å²) in [5.74, 6) is 1.38. The molecule has 0 saturated heterocycles. The van der Waals surface area contributed by atoms with Gasteiger partial charge in [-0.1, -0.05) is 11.8 Å². The number of aromatic nitrogens is 8. The van der Waals surface area contributed by atoms with Gasteiger partial charge in [-0.05, 0) is 52.7 Å². The Morgan fingerprint density at radius 3 is 2.71 bits per heavy atom. The maximum atomic E-state index is 12.9. The molecule has 0 aliphatic heterocycles. The molecule has 1 amide bonds. The number of thiophene rings is 1. The van der Waals surface area contributed by atoms with Gasteiger partial charge >= 0.3 is 0 Å². The van der Waals surface area contributed by atoms with Crippen LogP contribution in [0, 0.1) is 20.8 Å². The van der Waals surface area contributed by atoms with Gasteiger partial charge in [-0.15, -0.1) is 21.5 Å². The minimum Gasteiger partial charge on any atom is -0.302 e. The zero-order valence-corrected chi connectivity index (χ0v) is 23.4. The molecule has 13 heteroatoms. The average Bonchev–Trinajstić information content (AvgIpc) is 3.46. The Morgan fingerprint density at radius 2 is 1.97 bits per heavy atom. The van der Waals surface area contributed by atoms with Gasteiger partial charge in [-0.25, -0.2) is 14.6 Å². The van der Waals surface area contributed by atoms with E-state index in [1.807, 2.05) is 37.1 Å². The number of pyridine rings is 1. The van der Waals surface area contributed by atoms with E-state index in [4.69, 9.17) is 4.98 Å². The van der Waals surface area contributed by atoms with Crippen LogP contribution in [-0.4, -0.2) is 50.8 Å². The van der Waals surface area contributed by atoms with Crippen molar-refractivity contribution in [3.63, 3.8) is 0 Å². The van der Waals surface area contributed by atoms with E-state index in [9.17, 15) is 9.59 Å². The third-order valence-corrected chi connectivity index (χ3v) is 8.59. The van der Waals surface area contributed by atoms with Crippen molar-refractivity contribution in [2.45, 2.75) is 58.2 Å². The Hall–Kier alpha value is -3.58. The van der Waals surface area contributed by atoms with Crippen molar-refractivity contribution < 1.29 is 4.79 Å². The van der Waals surface area contributed by atoms with Gasteiger partial charge in [-0.3, -0.25) is 19.7 Å². The number of aryl methyl sites for hydroxylation is 4. The zero-order valence-electron chi connectivity index (χ0n) is 21.8. The Morgan fingerprint density at radius 1 is 1.18 bits per heavy atom. The molecule has 0 spiro atoms. The van der Waals surface area contributed by atoms with Crippen molar-refractivity contribution in [3.8, 4) is 11.4 Å². The lowest BCUT2D eigenvalue weighted by molar-refractivity contribution is -0.114. The highest BCUT2D eigenvalue weighted by Gasteiger charge is 2.29. The molecule has 0 bridgehead atoms. The summed E-state index contributed by atoms with van der Waals surface area (Å²) in [5.41, 5.74) is 6.16. The van der Waals surface area contributed by atoms with Crippen LogP contribution in [0.2, 0.25) is 0 Å². The molecular formula is C25H27N9O2S2. The Balaban J connectivity index is 1.28. The van der Waals surface area contributed by atoms with Crippen LogP contribution in [0.5, 0.6) is 0 Å². The highest BCUT2D eigenvalue weighted by atomic mass is 32.2. The average molecular weight is 550 g/mol. The van der Waals surface area contributed by atoms with Gasteiger partial charge in [-0.2, -0.15) is 5.10 Å². The minimum absolute atomic E-state index is 0.0652. The molecule has 0 atom stereocenters. The molecule has 1 N–H and O–H groups in total. The highest BCUT2D eigenvalue weighted by Crippen LogP contribution is 2.42. The van der Waals surface area contributed by atoms with Crippen molar-refractivity contribution in [2.75, 3.05) is 11.2 Å². The second-order valence-corrected chi connectivity index (χ2v) is 11.7. The monoisotopic (exact) mass is 549 g/mol. The number of hydrogen-bond donors (Lipinski definition) is 1. The maximum absolute atomic E-state index is 12.9. The minimum atomic E-state index is -0.328. The fourth-order valence-corrected chi connectivity index (χ4v) is 6.44. The van der Waals surface area contributed by atoms with Crippen LogP contribution in [0.15, 0.2) is 22.1 Å². The molecule has 0 aromatic carbocycles. The van der Waals surface area contributed by atoms with E-state index in [0.717, 1.165) is 51.5 Å². The molecule has 1 aliphatic rings. The van der Waals surface area contributed by atoms with Crippen molar-refractivity contribution in [3.05, 3.63) is 44.6 Å². The summed E-state index contributed by atoms with van der Waals surface area (Å²) in [6.45, 7) is 8.27. The number of rotatable bonds is 7. The lowest BCUT2D eigenvalue weighted by Gasteiger charge is -2.12. The molecule has 5 aromatic heterocycles. The van der Waals surface area contributed by atoms with Crippen LogP contribution in [0.25, 0.3) is 32.6 Å². The normalized spacial score (nSPS) is 13.6. The van der Waals surface area contributed by atoms with E-state index in [1.165, 1.54) is 27.8 Å². The number of nitrogens with one attached hydrogen (secondary N) is 1. The number of carbonyl (C=O) groups is 1. The molecular weight excluding hydrogens is 522 g/mol. The Labute approximate surface area is 226 Å². The molecule has 1 fully saturated rings. The first-order valence-electron chi connectivity index (χ1n) is 12.5. The molecule has 6 rings (SSSR count). The zero-order chi connectivity index (χ0) is 26.7. The molecule has 5 aromatic rings. The topological polar surface area (TPSA) is 125 Å². The first-order valence-corrected chi connectivity index (χ1v) is 14.3. The number of nitrogens with zero attached hydrogens (tertiary/aromatic N) is 8. The van der Waals surface area contributed by atoms with Crippen molar-refractivity contribution in [1.29, 1.82) is 0 Å². The van der Waals surface area contributed by atoms with E-state index in [2.05, 4.69) is 31.8 Å². The SMILES string of the molecule is CCn1c(SCC(=O)Nn2c(C)nc3sc(C)cc3c2=O)nnc1-c1cc(C2CC2)nc2c1c(C)nn2C. The van der Waals surface area contributed by atoms with Crippen molar-refractivity contribution in [1.82, 2.24) is 39.2 Å². The molecule has 11 nitrogen and oxygen atoms in total. The fourth-order valence-electron chi connectivity index (χ4n) is 4.73. The number of thioether (sulfide) groups is 1. The summed E-state index contributed by atoms with van der Waals surface area (Å²) >= 11 is 2.74. The van der Waals surface area contributed by atoms with Gasteiger partial charge in [0.2, 0.25) is 5.91 Å². The smallest absolute Gasteiger partial charge is 0.281 e. The van der Waals surface area contributed by atoms with Gasteiger partial charge in [0.15, 0.2) is 16.6 Å². The first-order chi connectivity index (χ1) is 18.2. The van der Waals surface area contributed by atoms with Crippen molar-refractivity contribution in [2.24, 2.45) is 7.05 Å². The molecule has 1 saturated carbocycles. The van der Waals surface area contributed by atoms with E-state index >= 15 is 0 Å². The van der Waals surface area contributed by atoms with E-state index in [0.29, 0.717) is 33.7 Å². The van der Waals surface area contributed by atoms with Crippen LogP contribution in [-0.2, 0) is 18.4 Å². The number of fused-ring (bicyclic) bond motifs is 2. The summed E-state index contributed by atoms with van der Waals surface area (Å²) in [7, 11) is 1.91. The molecule has 0 radical (unpaired) electrons. The Kier molecular flexibility index (Phi) is 6.06. The van der Waals surface area contributed by atoms with Gasteiger partial charge in [0.1, 0.15) is 10.7 Å². The molecule has 38 heavy (non-hydrogen) atoms. The van der Waals surface area contributed by atoms with Crippen LogP contribution in [0.3, 0.4) is 0 Å². The number of carbonyl (C=O) groups excluding carboxylic acids is 1. The predicted octanol–water partition coefficient (Wildman–Crippen LogP) is 3.68. The van der Waals surface area contributed by atoms with Crippen LogP contribution >= 0.6 is 23.1 Å². The van der Waals surface area contributed by atoms with Gasteiger partial charge < -0.3 is 4.57 Å². The second-order valence-electron chi connectivity index (χ2n) is 9.53. The van der Waals surface area contributed by atoms with Gasteiger partial charge in [0.05, 0.1) is 22.2 Å². The summed E-state index contributed by atoms with van der Waals surface area (Å²) in [6.07, 6.45) is 2.28. The summed E-state index contributed by atoms with van der Waals surface area (Å²) in [5, 5.41) is 15.7. The fraction of sp³-hybridized carbons (Fsp3) is 0.400. The van der Waals surface area contributed by atoms with Crippen molar-refractivity contribution >= 4 is 50.3 Å². The summed E-state index contributed by atoms with van der Waals surface area (Å²) in [6, 6.07) is 3.92. The Bertz CT molecular complexity index is 1790. The molecule has 5 heterocycles. The largest absolute Gasteiger partial charge is 0.302 e. The second kappa shape index (κ2) is 9.31. The highest BCUT2D eigenvalue weighted by molar-refractivity contribution is 7.99.